The van der Waals surface area contributed by atoms with Crippen LogP contribution in [-0.4, -0.2) is 33.4 Å². The third-order valence-corrected chi connectivity index (χ3v) is 1.85. The van der Waals surface area contributed by atoms with Crippen LogP contribution in [0.1, 0.15) is 25.7 Å². The molecule has 0 aromatic rings. The van der Waals surface area contributed by atoms with Crippen molar-refractivity contribution >= 4 is 0 Å². The van der Waals surface area contributed by atoms with E-state index in [2.05, 4.69) is 10.2 Å². The summed E-state index contributed by atoms with van der Waals surface area (Å²) in [4.78, 5) is 4.47. The van der Waals surface area contributed by atoms with Gasteiger partial charge in [0.15, 0.2) is 0 Å². The van der Waals surface area contributed by atoms with E-state index < -0.39 is 0 Å². The third kappa shape index (κ3) is 11.8. The predicted molar refractivity (Wildman–Crippen MR) is 53.4 cm³/mol. The van der Waals surface area contributed by atoms with Gasteiger partial charge in [-0.15, -0.1) is 0 Å². The average Bonchev–Trinajstić information content (AvgIpc) is 2.16. The van der Waals surface area contributed by atoms with Crippen molar-refractivity contribution in [2.24, 2.45) is 5.90 Å². The number of ether oxygens (including phenoxy) is 1. The summed E-state index contributed by atoms with van der Waals surface area (Å²) in [5.74, 6) is 4.90. The fourth-order valence-electron chi connectivity index (χ4n) is 1.09. The van der Waals surface area contributed by atoms with Crippen LogP contribution in [0.4, 0.5) is 0 Å². The normalized spacial score (nSPS) is 10.6. The maximum Gasteiger partial charge on any atom is 0.0679 e. The van der Waals surface area contributed by atoms with Gasteiger partial charge in [-0.25, -0.2) is 5.90 Å². The maximum absolute atomic E-state index is 4.91. The van der Waals surface area contributed by atoms with Gasteiger partial charge in [-0.2, -0.15) is 0 Å². The molecule has 0 fully saturated rings. The van der Waals surface area contributed by atoms with Gasteiger partial charge in [-0.3, -0.25) is 0 Å². The number of unbranched alkanes of at least 4 members (excludes halogenated alkanes) is 3. The van der Waals surface area contributed by atoms with Crippen LogP contribution in [0, 0.1) is 0 Å². The van der Waals surface area contributed by atoms with E-state index in [4.69, 9.17) is 10.6 Å². The highest BCUT2D eigenvalue weighted by molar-refractivity contribution is 4.48. The van der Waals surface area contributed by atoms with Crippen LogP contribution < -0.4 is 11.2 Å². The molecule has 0 aromatic carbocycles. The Morgan fingerprint density at radius 2 is 1.77 bits per heavy atom. The summed E-state index contributed by atoms with van der Waals surface area (Å²) in [6.45, 7) is 3.49. The highest BCUT2D eigenvalue weighted by Crippen LogP contribution is 1.97. The van der Waals surface area contributed by atoms with Crippen LogP contribution in [0.25, 0.3) is 0 Å². The van der Waals surface area contributed by atoms with E-state index in [0.29, 0.717) is 6.61 Å². The summed E-state index contributed by atoms with van der Waals surface area (Å²) in [7, 11) is 1.72. The molecule has 0 aliphatic heterocycles. The molecule has 3 N–H and O–H groups in total. The fraction of sp³-hybridized carbons (Fsp3) is 1.00. The second kappa shape index (κ2) is 11.8. The molecular weight excluding hydrogens is 168 g/mol. The summed E-state index contributed by atoms with van der Waals surface area (Å²) in [6.07, 6.45) is 4.72. The molecule has 4 heteroatoms. The Kier molecular flexibility index (Phi) is 11.7. The first-order chi connectivity index (χ1) is 6.41. The lowest BCUT2D eigenvalue weighted by Crippen LogP contribution is -2.20. The first-order valence-corrected chi connectivity index (χ1v) is 4.93. The Bertz CT molecular complexity index is 81.7. The van der Waals surface area contributed by atoms with Crippen LogP contribution in [0.5, 0.6) is 0 Å². The quantitative estimate of drug-likeness (QED) is 0.393. The lowest BCUT2D eigenvalue weighted by atomic mass is 10.2. The minimum Gasteiger partial charge on any atom is -0.383 e. The van der Waals surface area contributed by atoms with E-state index >= 15 is 0 Å². The number of nitrogens with one attached hydrogen (secondary N) is 1. The molecule has 0 radical (unpaired) electrons. The molecule has 0 saturated heterocycles. The number of rotatable bonds is 10. The lowest BCUT2D eigenvalue weighted by molar-refractivity contribution is 0.133. The zero-order chi connectivity index (χ0) is 9.78. The average molecular weight is 190 g/mol. The Balaban J connectivity index is 2.76. The molecule has 0 aliphatic carbocycles. The zero-order valence-corrected chi connectivity index (χ0v) is 8.55. The van der Waals surface area contributed by atoms with E-state index in [1.807, 2.05) is 0 Å². The van der Waals surface area contributed by atoms with Gasteiger partial charge in [0.1, 0.15) is 0 Å². The van der Waals surface area contributed by atoms with Crippen molar-refractivity contribution in [2.75, 3.05) is 33.4 Å². The highest BCUT2D eigenvalue weighted by atomic mass is 16.6. The maximum atomic E-state index is 4.91. The van der Waals surface area contributed by atoms with Gasteiger partial charge < -0.3 is 14.9 Å². The number of hydrogen-bond donors (Lipinski definition) is 2. The Labute approximate surface area is 80.7 Å². The van der Waals surface area contributed by atoms with Crippen molar-refractivity contribution < 1.29 is 9.57 Å². The number of hydrogen-bond acceptors (Lipinski definition) is 4. The minimum absolute atomic E-state index is 0.678. The summed E-state index contributed by atoms with van der Waals surface area (Å²) in [5.41, 5.74) is 0. The molecule has 0 unspecified atom stereocenters. The van der Waals surface area contributed by atoms with Crippen molar-refractivity contribution in [2.45, 2.75) is 25.7 Å². The smallest absolute Gasteiger partial charge is 0.0679 e. The van der Waals surface area contributed by atoms with Crippen molar-refractivity contribution in [1.82, 2.24) is 5.32 Å². The molecule has 0 saturated carbocycles. The van der Waals surface area contributed by atoms with Gasteiger partial charge in [0.25, 0.3) is 0 Å². The highest BCUT2D eigenvalue weighted by Gasteiger charge is 1.90. The van der Waals surface area contributed by atoms with Gasteiger partial charge in [0.05, 0.1) is 13.2 Å². The molecule has 0 amide bonds. The second-order valence-corrected chi connectivity index (χ2v) is 3.03. The Morgan fingerprint density at radius 1 is 1.00 bits per heavy atom. The van der Waals surface area contributed by atoms with E-state index in [0.717, 1.165) is 26.1 Å². The van der Waals surface area contributed by atoms with Crippen LogP contribution in [0.3, 0.4) is 0 Å². The number of methoxy groups -OCH3 is 1. The largest absolute Gasteiger partial charge is 0.383 e. The Morgan fingerprint density at radius 3 is 2.46 bits per heavy atom. The van der Waals surface area contributed by atoms with Gasteiger partial charge >= 0.3 is 0 Å². The molecule has 0 aromatic heterocycles. The summed E-state index contributed by atoms with van der Waals surface area (Å²) >= 11 is 0. The summed E-state index contributed by atoms with van der Waals surface area (Å²) < 4.78 is 4.91. The third-order valence-electron chi connectivity index (χ3n) is 1.85. The van der Waals surface area contributed by atoms with Crippen LogP contribution in [0.2, 0.25) is 0 Å². The van der Waals surface area contributed by atoms with Crippen molar-refractivity contribution in [3.05, 3.63) is 0 Å². The SMILES string of the molecule is COCCNCCCCCCON. The fourth-order valence-corrected chi connectivity index (χ4v) is 1.09. The number of nitrogens with two attached hydrogens (primary N) is 1. The van der Waals surface area contributed by atoms with Gasteiger partial charge in [-0.05, 0) is 19.4 Å². The molecule has 4 nitrogen and oxygen atoms in total. The van der Waals surface area contributed by atoms with Crippen molar-refractivity contribution in [3.63, 3.8) is 0 Å². The molecule has 0 rings (SSSR count). The minimum atomic E-state index is 0.678. The molecule has 0 bridgehead atoms. The topological polar surface area (TPSA) is 56.5 Å². The predicted octanol–water partition coefficient (Wildman–Crippen LogP) is 0.673. The standard InChI is InChI=1S/C9H22N2O2/c1-12-9-7-11-6-4-2-3-5-8-13-10/h11H,2-10H2,1H3. The van der Waals surface area contributed by atoms with Crippen molar-refractivity contribution in [1.29, 1.82) is 0 Å². The van der Waals surface area contributed by atoms with E-state index in [1.165, 1.54) is 19.3 Å². The monoisotopic (exact) mass is 190 g/mol. The summed E-state index contributed by atoms with van der Waals surface area (Å²) in [6, 6.07) is 0. The lowest BCUT2D eigenvalue weighted by Gasteiger charge is -2.03. The van der Waals surface area contributed by atoms with Crippen LogP contribution in [-0.2, 0) is 9.57 Å². The molecule has 0 atom stereocenters. The van der Waals surface area contributed by atoms with Crippen LogP contribution >= 0.6 is 0 Å². The second-order valence-electron chi connectivity index (χ2n) is 3.03. The van der Waals surface area contributed by atoms with Crippen molar-refractivity contribution in [3.8, 4) is 0 Å². The van der Waals surface area contributed by atoms with E-state index in [-0.39, 0.29) is 0 Å². The zero-order valence-electron chi connectivity index (χ0n) is 8.55. The molecule has 80 valence electrons. The Hall–Kier alpha value is -0.160. The van der Waals surface area contributed by atoms with Gasteiger partial charge in [0, 0.05) is 13.7 Å². The molecule has 0 aliphatic rings. The summed E-state index contributed by atoms with van der Waals surface area (Å²) in [5, 5.41) is 3.30. The van der Waals surface area contributed by atoms with E-state index in [9.17, 15) is 0 Å². The van der Waals surface area contributed by atoms with E-state index in [1.54, 1.807) is 7.11 Å². The van der Waals surface area contributed by atoms with Gasteiger partial charge in [-0.1, -0.05) is 12.8 Å². The first kappa shape index (κ1) is 12.8. The molecule has 0 spiro atoms. The molecular formula is C9H22N2O2. The van der Waals surface area contributed by atoms with Crippen LogP contribution in [0.15, 0.2) is 0 Å². The molecule has 13 heavy (non-hydrogen) atoms. The first-order valence-electron chi connectivity index (χ1n) is 4.93. The molecule has 0 heterocycles. The van der Waals surface area contributed by atoms with Gasteiger partial charge in [0.2, 0.25) is 0 Å².